The third-order valence-corrected chi connectivity index (χ3v) is 7.51. The van der Waals surface area contributed by atoms with E-state index in [1.54, 1.807) is 7.11 Å². The molecule has 2 aliphatic heterocycles. The van der Waals surface area contributed by atoms with Crippen molar-refractivity contribution in [3.8, 4) is 5.75 Å². The van der Waals surface area contributed by atoms with Crippen molar-refractivity contribution < 1.29 is 14.3 Å². The van der Waals surface area contributed by atoms with Crippen LogP contribution in [0.2, 0.25) is 0 Å². The van der Waals surface area contributed by atoms with E-state index in [9.17, 15) is 9.59 Å². The molecular weight excluding hydrogens is 438 g/mol. The standard InChI is InChI=1S/C29H33N3O3/c1-21-9-11-23(12-10-21)32-27(33)14-13-25(28(32)24-7-3-4-8-26(24)35-2)29(34)31-19-15-22(16-20-31)30-17-5-6-18-30/h3-12,17-18,22,25,28H,13-16,19-20H2,1-2H3. The molecule has 0 N–H and O–H groups in total. The molecule has 2 unspecified atom stereocenters. The molecule has 0 saturated carbocycles. The molecule has 2 atom stereocenters. The molecule has 35 heavy (non-hydrogen) atoms. The van der Waals surface area contributed by atoms with Gasteiger partial charge in [0.05, 0.1) is 19.1 Å². The summed E-state index contributed by atoms with van der Waals surface area (Å²) in [5, 5.41) is 0. The molecule has 5 rings (SSSR count). The minimum absolute atomic E-state index is 0.0418. The van der Waals surface area contributed by atoms with Gasteiger partial charge in [0.25, 0.3) is 0 Å². The van der Waals surface area contributed by atoms with Crippen molar-refractivity contribution in [3.63, 3.8) is 0 Å². The molecule has 6 nitrogen and oxygen atoms in total. The van der Waals surface area contributed by atoms with Gasteiger partial charge >= 0.3 is 0 Å². The number of ether oxygens (including phenoxy) is 1. The Labute approximate surface area is 207 Å². The second-order valence-corrected chi connectivity index (χ2v) is 9.62. The van der Waals surface area contributed by atoms with Gasteiger partial charge in [-0.05, 0) is 56.5 Å². The Bertz CT molecular complexity index is 1160. The summed E-state index contributed by atoms with van der Waals surface area (Å²) in [5.74, 6) is 0.554. The van der Waals surface area contributed by atoms with Crippen molar-refractivity contribution in [2.45, 2.75) is 44.7 Å². The van der Waals surface area contributed by atoms with Crippen LogP contribution in [-0.4, -0.2) is 41.5 Å². The summed E-state index contributed by atoms with van der Waals surface area (Å²) < 4.78 is 7.95. The molecule has 0 aliphatic carbocycles. The molecule has 0 radical (unpaired) electrons. The zero-order valence-electron chi connectivity index (χ0n) is 20.5. The van der Waals surface area contributed by atoms with Gasteiger partial charge in [-0.25, -0.2) is 0 Å². The van der Waals surface area contributed by atoms with E-state index in [1.807, 2.05) is 77.4 Å². The molecule has 1 aromatic heterocycles. The average Bonchev–Trinajstić information content (AvgIpc) is 3.44. The van der Waals surface area contributed by atoms with Gasteiger partial charge in [-0.2, -0.15) is 0 Å². The molecule has 2 aliphatic rings. The Morgan fingerprint density at radius 1 is 0.914 bits per heavy atom. The van der Waals surface area contributed by atoms with E-state index in [0.717, 1.165) is 42.7 Å². The topological polar surface area (TPSA) is 54.8 Å². The number of methoxy groups -OCH3 is 1. The van der Waals surface area contributed by atoms with E-state index in [0.29, 0.717) is 24.6 Å². The third kappa shape index (κ3) is 4.57. The van der Waals surface area contributed by atoms with Crippen LogP contribution in [0.5, 0.6) is 5.75 Å². The van der Waals surface area contributed by atoms with Gasteiger partial charge in [-0.1, -0.05) is 35.9 Å². The summed E-state index contributed by atoms with van der Waals surface area (Å²) >= 11 is 0. The van der Waals surface area contributed by atoms with E-state index in [-0.39, 0.29) is 17.7 Å². The number of aryl methyl sites for hydroxylation is 1. The van der Waals surface area contributed by atoms with Crippen LogP contribution in [-0.2, 0) is 9.59 Å². The summed E-state index contributed by atoms with van der Waals surface area (Å²) in [6.07, 6.45) is 6.98. The Hall–Kier alpha value is -3.54. The minimum Gasteiger partial charge on any atom is -0.496 e. The van der Waals surface area contributed by atoms with Crippen molar-refractivity contribution >= 4 is 17.5 Å². The molecule has 2 amide bonds. The molecule has 3 heterocycles. The van der Waals surface area contributed by atoms with E-state index in [4.69, 9.17) is 4.74 Å². The molecule has 0 bridgehead atoms. The van der Waals surface area contributed by atoms with Gasteiger partial charge in [-0.3, -0.25) is 9.59 Å². The van der Waals surface area contributed by atoms with Crippen molar-refractivity contribution in [1.29, 1.82) is 0 Å². The number of piperidine rings is 2. The SMILES string of the molecule is COc1ccccc1C1C(C(=O)N2CCC(n3cccc3)CC2)CCC(=O)N1c1ccc(C)cc1. The second kappa shape index (κ2) is 9.98. The number of nitrogens with zero attached hydrogens (tertiary/aromatic N) is 3. The number of aromatic nitrogens is 1. The summed E-state index contributed by atoms with van der Waals surface area (Å²) in [6.45, 7) is 3.49. The molecule has 6 heteroatoms. The summed E-state index contributed by atoms with van der Waals surface area (Å²) in [7, 11) is 1.64. The molecule has 2 aromatic carbocycles. The first kappa shape index (κ1) is 23.2. The van der Waals surface area contributed by atoms with Crippen LogP contribution in [0.15, 0.2) is 73.1 Å². The van der Waals surface area contributed by atoms with E-state index < -0.39 is 6.04 Å². The van der Waals surface area contributed by atoms with Crippen molar-refractivity contribution in [1.82, 2.24) is 9.47 Å². The van der Waals surface area contributed by atoms with Crippen LogP contribution in [0.1, 0.15) is 48.9 Å². The van der Waals surface area contributed by atoms with Crippen LogP contribution in [0.25, 0.3) is 0 Å². The summed E-state index contributed by atoms with van der Waals surface area (Å²) in [5.41, 5.74) is 2.83. The predicted molar refractivity (Wildman–Crippen MR) is 136 cm³/mol. The number of amides is 2. The number of carbonyl (C=O) groups is 2. The van der Waals surface area contributed by atoms with Gasteiger partial charge in [0, 0.05) is 49.2 Å². The molecule has 182 valence electrons. The number of para-hydroxylation sites is 1. The van der Waals surface area contributed by atoms with E-state index in [1.165, 1.54) is 0 Å². The number of hydrogen-bond acceptors (Lipinski definition) is 3. The largest absolute Gasteiger partial charge is 0.496 e. The van der Waals surface area contributed by atoms with E-state index in [2.05, 4.69) is 17.0 Å². The number of rotatable bonds is 5. The highest BCUT2D eigenvalue weighted by Gasteiger charge is 2.44. The van der Waals surface area contributed by atoms with Crippen LogP contribution in [0.4, 0.5) is 5.69 Å². The van der Waals surface area contributed by atoms with Crippen LogP contribution in [0, 0.1) is 12.8 Å². The first-order chi connectivity index (χ1) is 17.1. The van der Waals surface area contributed by atoms with Crippen LogP contribution in [0.3, 0.4) is 0 Å². The molecule has 2 saturated heterocycles. The first-order valence-corrected chi connectivity index (χ1v) is 12.5. The van der Waals surface area contributed by atoms with Crippen LogP contribution < -0.4 is 9.64 Å². The lowest BCUT2D eigenvalue weighted by atomic mass is 9.82. The fourth-order valence-electron chi connectivity index (χ4n) is 5.64. The summed E-state index contributed by atoms with van der Waals surface area (Å²) in [4.78, 5) is 31.2. The maximum Gasteiger partial charge on any atom is 0.228 e. The lowest BCUT2D eigenvalue weighted by Crippen LogP contribution is -2.50. The number of hydrogen-bond donors (Lipinski definition) is 0. The average molecular weight is 472 g/mol. The third-order valence-electron chi connectivity index (χ3n) is 7.51. The van der Waals surface area contributed by atoms with E-state index >= 15 is 0 Å². The van der Waals surface area contributed by atoms with Gasteiger partial charge in [0.15, 0.2) is 0 Å². The van der Waals surface area contributed by atoms with Gasteiger partial charge in [-0.15, -0.1) is 0 Å². The maximum absolute atomic E-state index is 14.0. The quantitative estimate of drug-likeness (QED) is 0.517. The number of carbonyl (C=O) groups excluding carboxylic acids is 2. The lowest BCUT2D eigenvalue weighted by molar-refractivity contribution is -0.139. The first-order valence-electron chi connectivity index (χ1n) is 12.5. The van der Waals surface area contributed by atoms with Gasteiger partial charge in [0.2, 0.25) is 11.8 Å². The van der Waals surface area contributed by atoms with Gasteiger partial charge < -0.3 is 19.1 Å². The summed E-state index contributed by atoms with van der Waals surface area (Å²) in [6, 6.07) is 19.9. The Morgan fingerprint density at radius 3 is 2.29 bits per heavy atom. The Morgan fingerprint density at radius 2 is 1.60 bits per heavy atom. The Balaban J connectivity index is 1.47. The number of likely N-dealkylation sites (tertiary alicyclic amines) is 1. The fourth-order valence-corrected chi connectivity index (χ4v) is 5.64. The van der Waals surface area contributed by atoms with Gasteiger partial charge in [0.1, 0.15) is 5.75 Å². The molecule has 0 spiro atoms. The monoisotopic (exact) mass is 471 g/mol. The minimum atomic E-state index is -0.412. The Kier molecular flexibility index (Phi) is 6.62. The number of benzene rings is 2. The van der Waals surface area contributed by atoms with Crippen molar-refractivity contribution in [2.24, 2.45) is 5.92 Å². The zero-order valence-corrected chi connectivity index (χ0v) is 20.5. The molecular formula is C29H33N3O3. The maximum atomic E-state index is 14.0. The van der Waals surface area contributed by atoms with Crippen molar-refractivity contribution in [3.05, 3.63) is 84.2 Å². The van der Waals surface area contributed by atoms with Crippen LogP contribution >= 0.6 is 0 Å². The lowest BCUT2D eigenvalue weighted by Gasteiger charge is -2.43. The zero-order chi connectivity index (χ0) is 24.4. The smallest absolute Gasteiger partial charge is 0.228 e. The highest BCUT2D eigenvalue weighted by Crippen LogP contribution is 2.44. The highest BCUT2D eigenvalue weighted by molar-refractivity contribution is 5.97. The second-order valence-electron chi connectivity index (χ2n) is 9.62. The fraction of sp³-hybridized carbons (Fsp3) is 0.379. The molecule has 3 aromatic rings. The van der Waals surface area contributed by atoms with Crippen molar-refractivity contribution in [2.75, 3.05) is 25.1 Å². The molecule has 2 fully saturated rings. The highest BCUT2D eigenvalue weighted by atomic mass is 16.5. The normalized spacial score (nSPS) is 21.3. The number of anilines is 1. The predicted octanol–water partition coefficient (Wildman–Crippen LogP) is 5.15.